The van der Waals surface area contributed by atoms with Crippen LogP contribution in [0.3, 0.4) is 0 Å². The standard InChI is InChI=1S/CH4O4S/c1-4-5-6(2)3/h1H3,(H,2,3)/p-1. The lowest BCUT2D eigenvalue weighted by atomic mass is 11.8. The molecule has 0 rings (SSSR count). The largest absolute Gasteiger partial charge is 0.748 e. The minimum Gasteiger partial charge on any atom is -0.748 e. The molecular weight excluding hydrogens is 108 g/mol. The van der Waals surface area contributed by atoms with Crippen molar-refractivity contribution in [2.75, 3.05) is 7.11 Å². The fourth-order valence-corrected chi connectivity index (χ4v) is 0.167. The molecule has 0 bridgehead atoms. The van der Waals surface area contributed by atoms with Crippen LogP contribution >= 0.6 is 0 Å². The first-order chi connectivity index (χ1) is 2.77. The molecule has 6 heavy (non-hydrogen) atoms. The Bertz CT molecular complexity index is 51.5. The molecular formula is CH3O4S-. The van der Waals surface area contributed by atoms with E-state index in [1.165, 1.54) is 0 Å². The van der Waals surface area contributed by atoms with Crippen molar-refractivity contribution in [1.82, 2.24) is 0 Å². The Balaban J connectivity index is 2.83. The van der Waals surface area contributed by atoms with Gasteiger partial charge >= 0.3 is 0 Å². The molecule has 0 aromatic heterocycles. The molecule has 0 aliphatic heterocycles. The lowest BCUT2D eigenvalue weighted by Crippen LogP contribution is -1.91. The minimum absolute atomic E-state index is 1.11. The van der Waals surface area contributed by atoms with E-state index in [-0.39, 0.29) is 0 Å². The molecule has 0 N–H and O–H groups in total. The maximum atomic E-state index is 9.25. The van der Waals surface area contributed by atoms with Crippen molar-refractivity contribution >= 4 is 11.4 Å². The van der Waals surface area contributed by atoms with Crippen LogP contribution in [0.2, 0.25) is 0 Å². The molecule has 0 aliphatic carbocycles. The van der Waals surface area contributed by atoms with Gasteiger partial charge < -0.3 is 4.55 Å². The molecule has 0 heterocycles. The van der Waals surface area contributed by atoms with Gasteiger partial charge in [-0.25, -0.2) is 9.10 Å². The predicted molar refractivity (Wildman–Crippen MR) is 17.0 cm³/mol. The highest BCUT2D eigenvalue weighted by Gasteiger charge is 1.71. The maximum Gasteiger partial charge on any atom is 0.120 e. The van der Waals surface area contributed by atoms with Gasteiger partial charge in [-0.3, -0.25) is 0 Å². The van der Waals surface area contributed by atoms with Crippen LogP contribution in [0.4, 0.5) is 0 Å². The van der Waals surface area contributed by atoms with Gasteiger partial charge in [0.25, 0.3) is 0 Å². The summed E-state index contributed by atoms with van der Waals surface area (Å²) in [5.74, 6) is 0. The fourth-order valence-electron chi connectivity index (χ4n) is 0.0556. The second-order valence-corrected chi connectivity index (χ2v) is 0.983. The summed E-state index contributed by atoms with van der Waals surface area (Å²) in [5, 5.41) is 0. The Hall–Kier alpha value is 0.0300. The average Bonchev–Trinajstić information content (AvgIpc) is 1.35. The fraction of sp³-hybridized carbons (Fsp3) is 1.00. The summed E-state index contributed by atoms with van der Waals surface area (Å²) in [7, 11) is 1.11. The molecule has 38 valence electrons. The first kappa shape index (κ1) is 6.03. The first-order valence-electron chi connectivity index (χ1n) is 1.07. The zero-order valence-electron chi connectivity index (χ0n) is 3.04. The van der Waals surface area contributed by atoms with Crippen molar-refractivity contribution in [3.63, 3.8) is 0 Å². The number of hydrogen-bond acceptors (Lipinski definition) is 4. The quantitative estimate of drug-likeness (QED) is 0.270. The highest BCUT2D eigenvalue weighted by molar-refractivity contribution is 7.73. The minimum atomic E-state index is -2.54. The molecule has 0 saturated carbocycles. The van der Waals surface area contributed by atoms with E-state index in [0.29, 0.717) is 0 Å². The van der Waals surface area contributed by atoms with Crippen LogP contribution < -0.4 is 0 Å². The van der Waals surface area contributed by atoms with Crippen LogP contribution in [0.15, 0.2) is 0 Å². The molecule has 0 amide bonds. The molecule has 0 aliphatic rings. The van der Waals surface area contributed by atoms with Gasteiger partial charge in [-0.1, -0.05) is 0 Å². The second kappa shape index (κ2) is 3.23. The van der Waals surface area contributed by atoms with Crippen LogP contribution in [0.5, 0.6) is 0 Å². The molecule has 0 spiro atoms. The topological polar surface area (TPSA) is 58.6 Å². The third-order valence-electron chi connectivity index (χ3n) is 0.124. The predicted octanol–water partition coefficient (Wildman–Crippen LogP) is -0.641. The second-order valence-electron chi connectivity index (χ2n) is 0.439. The van der Waals surface area contributed by atoms with Gasteiger partial charge in [0.1, 0.15) is 11.4 Å². The summed E-state index contributed by atoms with van der Waals surface area (Å²) in [4.78, 5) is 3.69. The Labute approximate surface area is 37.5 Å². The van der Waals surface area contributed by atoms with E-state index in [0.717, 1.165) is 7.11 Å². The molecule has 0 aromatic rings. The maximum absolute atomic E-state index is 9.25. The van der Waals surface area contributed by atoms with E-state index >= 15 is 0 Å². The normalized spacial score (nSPS) is 14.3. The van der Waals surface area contributed by atoms with Gasteiger partial charge in [0, 0.05) is 0 Å². The van der Waals surface area contributed by atoms with Gasteiger partial charge in [0.05, 0.1) is 7.11 Å². The highest BCUT2D eigenvalue weighted by atomic mass is 32.2. The van der Waals surface area contributed by atoms with Crippen LogP contribution in [-0.4, -0.2) is 15.9 Å². The van der Waals surface area contributed by atoms with Crippen molar-refractivity contribution in [1.29, 1.82) is 0 Å². The zero-order valence-corrected chi connectivity index (χ0v) is 3.86. The molecule has 0 saturated heterocycles. The van der Waals surface area contributed by atoms with Crippen molar-refractivity contribution in [2.45, 2.75) is 0 Å². The Morgan fingerprint density at radius 2 is 2.33 bits per heavy atom. The van der Waals surface area contributed by atoms with Gasteiger partial charge in [-0.15, -0.1) is 4.33 Å². The van der Waals surface area contributed by atoms with Crippen molar-refractivity contribution in [3.8, 4) is 0 Å². The van der Waals surface area contributed by atoms with Gasteiger partial charge in [0.15, 0.2) is 0 Å². The Morgan fingerprint density at radius 3 is 2.33 bits per heavy atom. The molecule has 1 atom stereocenters. The van der Waals surface area contributed by atoms with Crippen molar-refractivity contribution in [2.24, 2.45) is 0 Å². The number of hydrogen-bond donors (Lipinski definition) is 0. The summed E-state index contributed by atoms with van der Waals surface area (Å²) in [6.45, 7) is 0. The molecule has 0 aromatic carbocycles. The van der Waals surface area contributed by atoms with Crippen LogP contribution in [0.25, 0.3) is 0 Å². The average molecular weight is 111 g/mol. The van der Waals surface area contributed by atoms with Crippen LogP contribution in [-0.2, 0) is 20.6 Å². The zero-order chi connectivity index (χ0) is 4.99. The first-order valence-corrected chi connectivity index (χ1v) is 2.07. The monoisotopic (exact) mass is 111 g/mol. The van der Waals surface area contributed by atoms with Crippen LogP contribution in [0.1, 0.15) is 0 Å². The molecule has 0 fully saturated rings. The van der Waals surface area contributed by atoms with Crippen LogP contribution in [0, 0.1) is 0 Å². The summed E-state index contributed by atoms with van der Waals surface area (Å²) in [6.07, 6.45) is 0. The third-order valence-corrected chi connectivity index (χ3v) is 0.371. The summed E-state index contributed by atoms with van der Waals surface area (Å²) >= 11 is -2.54. The summed E-state index contributed by atoms with van der Waals surface area (Å²) in [5.41, 5.74) is 0. The lowest BCUT2D eigenvalue weighted by molar-refractivity contribution is -0.173. The summed E-state index contributed by atoms with van der Waals surface area (Å²) in [6, 6.07) is 0. The third kappa shape index (κ3) is 4.03. The molecule has 1 unspecified atom stereocenters. The highest BCUT2D eigenvalue weighted by Crippen LogP contribution is 1.72. The molecule has 0 radical (unpaired) electrons. The van der Waals surface area contributed by atoms with E-state index in [1.807, 2.05) is 0 Å². The molecule has 4 nitrogen and oxygen atoms in total. The van der Waals surface area contributed by atoms with E-state index in [4.69, 9.17) is 0 Å². The summed E-state index contributed by atoms with van der Waals surface area (Å²) < 4.78 is 22.0. The Morgan fingerprint density at radius 1 is 1.83 bits per heavy atom. The number of rotatable bonds is 2. The van der Waals surface area contributed by atoms with E-state index in [1.54, 1.807) is 0 Å². The van der Waals surface area contributed by atoms with Gasteiger partial charge in [-0.05, 0) is 0 Å². The van der Waals surface area contributed by atoms with Crippen molar-refractivity contribution < 1.29 is 18.0 Å². The lowest BCUT2D eigenvalue weighted by Gasteiger charge is -1.97. The Kier molecular flexibility index (Phi) is 3.24. The molecule has 5 heteroatoms. The van der Waals surface area contributed by atoms with E-state index < -0.39 is 11.4 Å². The van der Waals surface area contributed by atoms with Crippen molar-refractivity contribution in [3.05, 3.63) is 0 Å². The van der Waals surface area contributed by atoms with E-state index in [9.17, 15) is 8.76 Å². The van der Waals surface area contributed by atoms with E-state index in [2.05, 4.69) is 9.22 Å². The van der Waals surface area contributed by atoms with Gasteiger partial charge in [-0.2, -0.15) is 0 Å². The SMILES string of the molecule is COOS(=O)[O-]. The smallest absolute Gasteiger partial charge is 0.120 e. The van der Waals surface area contributed by atoms with Gasteiger partial charge in [0.2, 0.25) is 0 Å².